The lowest BCUT2D eigenvalue weighted by Crippen LogP contribution is -2.56. The van der Waals surface area contributed by atoms with Gasteiger partial charge in [0, 0.05) is 23.2 Å². The number of aromatic amines is 1. The highest BCUT2D eigenvalue weighted by atomic mass is 16.1. The number of aromatic nitrogens is 2. The molecule has 0 spiro atoms. The molecule has 2 aliphatic rings. The van der Waals surface area contributed by atoms with Gasteiger partial charge < -0.3 is 5.32 Å². The fourth-order valence-electron chi connectivity index (χ4n) is 4.85. The third-order valence-corrected chi connectivity index (χ3v) is 6.06. The van der Waals surface area contributed by atoms with E-state index >= 15 is 0 Å². The molecule has 1 aromatic heterocycles. The number of fused-ring (bicyclic) bond motifs is 1. The first-order valence-electron chi connectivity index (χ1n) is 9.00. The molecule has 1 amide bonds. The van der Waals surface area contributed by atoms with Crippen molar-refractivity contribution in [3.63, 3.8) is 0 Å². The van der Waals surface area contributed by atoms with Gasteiger partial charge in [0.25, 0.3) is 0 Å². The SMILES string of the molecule is Cc1n[nH]c(C)c1CC(=O)NC1C2CCCC2C1c1ccccc1. The Hall–Kier alpha value is -2.10. The van der Waals surface area contributed by atoms with Crippen LogP contribution >= 0.6 is 0 Å². The van der Waals surface area contributed by atoms with Crippen molar-refractivity contribution in [3.8, 4) is 0 Å². The van der Waals surface area contributed by atoms with Gasteiger partial charge in [-0.1, -0.05) is 36.8 Å². The second-order valence-electron chi connectivity index (χ2n) is 7.38. The number of hydrogen-bond acceptors (Lipinski definition) is 2. The first kappa shape index (κ1) is 15.4. The van der Waals surface area contributed by atoms with Crippen LogP contribution in [0.25, 0.3) is 0 Å². The van der Waals surface area contributed by atoms with E-state index in [1.54, 1.807) is 0 Å². The van der Waals surface area contributed by atoms with Crippen LogP contribution in [0.1, 0.15) is 47.7 Å². The van der Waals surface area contributed by atoms with E-state index in [1.807, 2.05) is 13.8 Å². The van der Waals surface area contributed by atoms with Gasteiger partial charge in [0.2, 0.25) is 5.91 Å². The standard InChI is InChI=1S/C20H25N3O/c1-12-17(13(2)23-22-12)11-18(24)21-20-16-10-6-9-15(16)19(20)14-7-4-3-5-8-14/h3-5,7-8,15-16,19-20H,6,9-11H2,1-2H3,(H,21,24)(H,22,23). The minimum atomic E-state index is 0.124. The summed E-state index contributed by atoms with van der Waals surface area (Å²) < 4.78 is 0. The van der Waals surface area contributed by atoms with Crippen LogP contribution in [0.3, 0.4) is 0 Å². The largest absolute Gasteiger partial charge is 0.352 e. The van der Waals surface area contributed by atoms with E-state index in [0.717, 1.165) is 22.9 Å². The number of amides is 1. The minimum Gasteiger partial charge on any atom is -0.352 e. The molecule has 24 heavy (non-hydrogen) atoms. The Balaban J connectivity index is 1.49. The van der Waals surface area contributed by atoms with Gasteiger partial charge in [-0.2, -0.15) is 5.10 Å². The molecular weight excluding hydrogens is 298 g/mol. The van der Waals surface area contributed by atoms with E-state index in [4.69, 9.17) is 0 Å². The first-order chi connectivity index (χ1) is 11.6. The molecular formula is C20H25N3O. The van der Waals surface area contributed by atoms with Crippen molar-refractivity contribution in [3.05, 3.63) is 52.8 Å². The van der Waals surface area contributed by atoms with Gasteiger partial charge in [0.15, 0.2) is 0 Å². The van der Waals surface area contributed by atoms with E-state index in [0.29, 0.717) is 24.3 Å². The van der Waals surface area contributed by atoms with Crippen LogP contribution in [0.2, 0.25) is 0 Å². The Morgan fingerprint density at radius 1 is 1.21 bits per heavy atom. The lowest BCUT2D eigenvalue weighted by atomic mass is 9.60. The second-order valence-corrected chi connectivity index (χ2v) is 7.38. The maximum atomic E-state index is 12.6. The van der Waals surface area contributed by atoms with E-state index in [1.165, 1.54) is 24.8 Å². The van der Waals surface area contributed by atoms with Crippen molar-refractivity contribution in [2.75, 3.05) is 0 Å². The molecule has 0 aliphatic heterocycles. The lowest BCUT2D eigenvalue weighted by Gasteiger charge is -2.49. The third kappa shape index (κ3) is 2.54. The summed E-state index contributed by atoms with van der Waals surface area (Å²) in [6.07, 6.45) is 4.27. The lowest BCUT2D eigenvalue weighted by molar-refractivity contribution is -0.123. The average Bonchev–Trinajstić information content (AvgIpc) is 3.12. The molecule has 0 radical (unpaired) electrons. The molecule has 4 nitrogen and oxygen atoms in total. The highest BCUT2D eigenvalue weighted by Gasteiger charge is 2.53. The molecule has 126 valence electrons. The maximum Gasteiger partial charge on any atom is 0.224 e. The quantitative estimate of drug-likeness (QED) is 0.907. The monoisotopic (exact) mass is 323 g/mol. The number of aryl methyl sites for hydroxylation is 2. The number of benzene rings is 1. The van der Waals surface area contributed by atoms with E-state index in [-0.39, 0.29) is 5.91 Å². The smallest absolute Gasteiger partial charge is 0.224 e. The van der Waals surface area contributed by atoms with Gasteiger partial charge in [-0.15, -0.1) is 0 Å². The van der Waals surface area contributed by atoms with Crippen LogP contribution in [0.4, 0.5) is 0 Å². The van der Waals surface area contributed by atoms with E-state index in [9.17, 15) is 4.79 Å². The predicted octanol–water partition coefficient (Wildman–Crippen LogP) is 3.27. The summed E-state index contributed by atoms with van der Waals surface area (Å²) in [5.74, 6) is 2.01. The summed E-state index contributed by atoms with van der Waals surface area (Å²) in [7, 11) is 0. The maximum absolute atomic E-state index is 12.6. The summed E-state index contributed by atoms with van der Waals surface area (Å²) in [5, 5.41) is 10.5. The van der Waals surface area contributed by atoms with E-state index < -0.39 is 0 Å². The minimum absolute atomic E-state index is 0.124. The van der Waals surface area contributed by atoms with Crippen LogP contribution in [-0.4, -0.2) is 22.1 Å². The van der Waals surface area contributed by atoms with Gasteiger partial charge >= 0.3 is 0 Å². The number of nitrogens with zero attached hydrogens (tertiary/aromatic N) is 1. The Morgan fingerprint density at radius 2 is 1.96 bits per heavy atom. The molecule has 2 aromatic rings. The van der Waals surface area contributed by atoms with Gasteiger partial charge in [0.05, 0.1) is 12.1 Å². The van der Waals surface area contributed by atoms with Gasteiger partial charge in [-0.25, -0.2) is 0 Å². The average molecular weight is 323 g/mol. The number of H-pyrrole nitrogens is 1. The summed E-state index contributed by atoms with van der Waals surface area (Å²) in [4.78, 5) is 12.6. The molecule has 2 N–H and O–H groups in total. The number of rotatable bonds is 4. The number of hydrogen-bond donors (Lipinski definition) is 2. The van der Waals surface area contributed by atoms with Crippen molar-refractivity contribution in [1.29, 1.82) is 0 Å². The highest BCUT2D eigenvalue weighted by molar-refractivity contribution is 5.79. The zero-order chi connectivity index (χ0) is 16.7. The van der Waals surface area contributed by atoms with E-state index in [2.05, 4.69) is 45.8 Å². The van der Waals surface area contributed by atoms with Crippen molar-refractivity contribution < 1.29 is 4.79 Å². The summed E-state index contributed by atoms with van der Waals surface area (Å²) in [5.41, 5.74) is 4.33. The van der Waals surface area contributed by atoms with Crippen molar-refractivity contribution >= 4 is 5.91 Å². The topological polar surface area (TPSA) is 57.8 Å². The van der Waals surface area contributed by atoms with Gasteiger partial charge in [-0.05, 0) is 44.1 Å². The van der Waals surface area contributed by atoms with Gasteiger partial charge in [0.1, 0.15) is 0 Å². The highest BCUT2D eigenvalue weighted by Crippen LogP contribution is 2.55. The number of carbonyl (C=O) groups excluding carboxylic acids is 1. The molecule has 4 unspecified atom stereocenters. The molecule has 4 heteroatoms. The first-order valence-corrected chi connectivity index (χ1v) is 9.00. The molecule has 4 rings (SSSR count). The summed E-state index contributed by atoms with van der Waals surface area (Å²) in [6, 6.07) is 11.0. The normalized spacial score (nSPS) is 28.2. The Bertz CT molecular complexity index is 717. The Labute approximate surface area is 143 Å². The van der Waals surface area contributed by atoms with Crippen LogP contribution in [0, 0.1) is 25.7 Å². The second kappa shape index (κ2) is 6.08. The number of nitrogens with one attached hydrogen (secondary N) is 2. The van der Waals surface area contributed by atoms with Crippen molar-refractivity contribution in [2.24, 2.45) is 11.8 Å². The van der Waals surface area contributed by atoms with Crippen LogP contribution < -0.4 is 5.32 Å². The van der Waals surface area contributed by atoms with Crippen molar-refractivity contribution in [1.82, 2.24) is 15.5 Å². The fraction of sp³-hybridized carbons (Fsp3) is 0.500. The molecule has 4 atom stereocenters. The van der Waals surface area contributed by atoms with Crippen LogP contribution in [-0.2, 0) is 11.2 Å². The third-order valence-electron chi connectivity index (χ3n) is 6.06. The Morgan fingerprint density at radius 3 is 2.67 bits per heavy atom. The van der Waals surface area contributed by atoms with Crippen LogP contribution in [0.5, 0.6) is 0 Å². The molecule has 2 saturated carbocycles. The van der Waals surface area contributed by atoms with Gasteiger partial charge in [-0.3, -0.25) is 9.89 Å². The molecule has 2 aliphatic carbocycles. The molecule has 2 fully saturated rings. The molecule has 1 heterocycles. The fourth-order valence-corrected chi connectivity index (χ4v) is 4.85. The molecule has 0 bridgehead atoms. The summed E-state index contributed by atoms with van der Waals surface area (Å²) >= 11 is 0. The zero-order valence-electron chi connectivity index (χ0n) is 14.4. The molecule has 0 saturated heterocycles. The molecule has 1 aromatic carbocycles. The van der Waals surface area contributed by atoms with Crippen molar-refractivity contribution in [2.45, 2.75) is 51.5 Å². The summed E-state index contributed by atoms with van der Waals surface area (Å²) in [6.45, 7) is 3.93. The zero-order valence-corrected chi connectivity index (χ0v) is 14.4. The Kier molecular flexibility index (Phi) is 3.91. The number of carbonyl (C=O) groups is 1. The predicted molar refractivity (Wildman–Crippen MR) is 93.7 cm³/mol. The van der Waals surface area contributed by atoms with Crippen LogP contribution in [0.15, 0.2) is 30.3 Å².